The summed E-state index contributed by atoms with van der Waals surface area (Å²) in [6, 6.07) is 17.2. The number of nitrogens with one attached hydrogen (secondary N) is 1. The van der Waals surface area contributed by atoms with Crippen molar-refractivity contribution in [3.05, 3.63) is 82.4 Å². The number of amides is 1. The zero-order chi connectivity index (χ0) is 19.4. The summed E-state index contributed by atoms with van der Waals surface area (Å²) in [5, 5.41) is 13.9. The third kappa shape index (κ3) is 4.28. The number of carboxylic acid groups (broad SMARTS) is 1. The molecule has 134 valence electrons. The van der Waals surface area contributed by atoms with Gasteiger partial charge in [0.05, 0.1) is 5.56 Å². The molecule has 4 nitrogen and oxygen atoms in total. The van der Waals surface area contributed by atoms with Crippen LogP contribution in [0.4, 0.5) is 0 Å². The molecule has 0 radical (unpaired) electrons. The Balaban J connectivity index is 2.09. The molecule has 27 heavy (non-hydrogen) atoms. The van der Waals surface area contributed by atoms with Crippen LogP contribution in [-0.4, -0.2) is 23.0 Å². The van der Waals surface area contributed by atoms with Crippen molar-refractivity contribution in [3.8, 4) is 11.8 Å². The second-order valence-electron chi connectivity index (χ2n) is 6.00. The summed E-state index contributed by atoms with van der Waals surface area (Å²) in [4.78, 5) is 23.7. The van der Waals surface area contributed by atoms with Crippen LogP contribution in [0.1, 0.15) is 28.4 Å². The van der Waals surface area contributed by atoms with Crippen molar-refractivity contribution in [1.82, 2.24) is 5.32 Å². The van der Waals surface area contributed by atoms with Crippen molar-refractivity contribution < 1.29 is 14.7 Å². The molecule has 0 aliphatic heterocycles. The lowest BCUT2D eigenvalue weighted by molar-refractivity contribution is -0.138. The summed E-state index contributed by atoms with van der Waals surface area (Å²) in [6.45, 7) is 1.42. The quantitative estimate of drug-likeness (QED) is 0.675. The number of halogens is 1. The second-order valence-corrected chi connectivity index (χ2v) is 6.44. The molecular weight excluding hydrogens is 362 g/mol. The Morgan fingerprint density at radius 2 is 1.70 bits per heavy atom. The Kier molecular flexibility index (Phi) is 5.44. The van der Waals surface area contributed by atoms with Crippen molar-refractivity contribution in [2.75, 3.05) is 0 Å². The maximum Gasteiger partial charge on any atom is 0.325 e. The molecule has 3 rings (SSSR count). The number of aliphatic carboxylic acids is 1. The number of fused-ring (bicyclic) bond motifs is 1. The van der Waals surface area contributed by atoms with E-state index >= 15 is 0 Å². The van der Waals surface area contributed by atoms with E-state index in [1.807, 2.05) is 30.3 Å². The average molecular weight is 378 g/mol. The number of carboxylic acids is 1. The van der Waals surface area contributed by atoms with Crippen LogP contribution in [0.15, 0.2) is 60.7 Å². The first-order valence-electron chi connectivity index (χ1n) is 8.28. The van der Waals surface area contributed by atoms with Crippen LogP contribution in [0.2, 0.25) is 5.02 Å². The van der Waals surface area contributed by atoms with Gasteiger partial charge in [0.25, 0.3) is 5.91 Å². The zero-order valence-electron chi connectivity index (χ0n) is 14.5. The third-order valence-electron chi connectivity index (χ3n) is 4.07. The van der Waals surface area contributed by atoms with E-state index in [1.165, 1.54) is 6.92 Å². The van der Waals surface area contributed by atoms with Crippen molar-refractivity contribution in [1.29, 1.82) is 0 Å². The summed E-state index contributed by atoms with van der Waals surface area (Å²) in [5.41, 5.74) is 1.65. The summed E-state index contributed by atoms with van der Waals surface area (Å²) in [7, 11) is 0. The van der Waals surface area contributed by atoms with Crippen LogP contribution < -0.4 is 5.32 Å². The summed E-state index contributed by atoms with van der Waals surface area (Å²) in [5.74, 6) is 4.55. The highest BCUT2D eigenvalue weighted by molar-refractivity contribution is 6.30. The lowest BCUT2D eigenvalue weighted by Gasteiger charge is -2.12. The van der Waals surface area contributed by atoms with Crippen LogP contribution in [0, 0.1) is 11.8 Å². The number of hydrogen-bond donors (Lipinski definition) is 2. The van der Waals surface area contributed by atoms with Gasteiger partial charge in [-0.25, -0.2) is 0 Å². The Morgan fingerprint density at radius 1 is 1.00 bits per heavy atom. The first-order chi connectivity index (χ1) is 13.0. The van der Waals surface area contributed by atoms with E-state index in [-0.39, 0.29) is 0 Å². The maximum absolute atomic E-state index is 12.6. The van der Waals surface area contributed by atoms with E-state index in [4.69, 9.17) is 16.7 Å². The highest BCUT2D eigenvalue weighted by Gasteiger charge is 2.18. The highest BCUT2D eigenvalue weighted by atomic mass is 35.5. The van der Waals surface area contributed by atoms with E-state index in [0.29, 0.717) is 16.1 Å². The lowest BCUT2D eigenvalue weighted by atomic mass is 9.98. The standard InChI is InChI=1S/C22H16ClNO3/c1-14(22(26)27)24-21(25)20-13-9-16-4-2-3-5-18(16)19(20)12-8-15-6-10-17(23)11-7-15/h2-7,9-11,13-14H,1H3,(H,24,25)(H,26,27)/t14-/m0/s1. The maximum atomic E-state index is 12.6. The third-order valence-corrected chi connectivity index (χ3v) is 4.32. The zero-order valence-corrected chi connectivity index (χ0v) is 15.2. The fourth-order valence-corrected chi connectivity index (χ4v) is 2.73. The predicted molar refractivity (Wildman–Crippen MR) is 106 cm³/mol. The lowest BCUT2D eigenvalue weighted by Crippen LogP contribution is -2.38. The Labute approximate surface area is 161 Å². The SMILES string of the molecule is C[C@H](NC(=O)c1ccc2ccccc2c1C#Cc1ccc(Cl)cc1)C(=O)O. The topological polar surface area (TPSA) is 66.4 Å². The van der Waals surface area contributed by atoms with Gasteiger partial charge in [0.1, 0.15) is 6.04 Å². The molecule has 0 bridgehead atoms. The van der Waals surface area contributed by atoms with Gasteiger partial charge in [-0.15, -0.1) is 0 Å². The molecule has 5 heteroatoms. The van der Waals surface area contributed by atoms with E-state index in [2.05, 4.69) is 17.2 Å². The van der Waals surface area contributed by atoms with Gasteiger partial charge < -0.3 is 10.4 Å². The van der Waals surface area contributed by atoms with Crippen LogP contribution in [0.25, 0.3) is 10.8 Å². The van der Waals surface area contributed by atoms with Crippen molar-refractivity contribution in [2.45, 2.75) is 13.0 Å². The van der Waals surface area contributed by atoms with Crippen molar-refractivity contribution in [2.24, 2.45) is 0 Å². The minimum absolute atomic E-state index is 0.336. The van der Waals surface area contributed by atoms with Crippen LogP contribution in [-0.2, 0) is 4.79 Å². The molecular formula is C22H16ClNO3. The molecule has 1 amide bonds. The Hall–Kier alpha value is -3.29. The first kappa shape index (κ1) is 18.5. The fraction of sp³-hybridized carbons (Fsp3) is 0.0909. The molecule has 2 N–H and O–H groups in total. The molecule has 3 aromatic rings. The van der Waals surface area contributed by atoms with E-state index in [1.54, 1.807) is 30.3 Å². The molecule has 0 unspecified atom stereocenters. The first-order valence-corrected chi connectivity index (χ1v) is 8.66. The average Bonchev–Trinajstić information content (AvgIpc) is 2.67. The normalized spacial score (nSPS) is 11.3. The largest absolute Gasteiger partial charge is 0.480 e. The summed E-state index contributed by atoms with van der Waals surface area (Å²) >= 11 is 5.90. The number of rotatable bonds is 3. The molecule has 0 aromatic heterocycles. The molecule has 0 saturated carbocycles. The highest BCUT2D eigenvalue weighted by Crippen LogP contribution is 2.22. The molecule has 0 fully saturated rings. The van der Waals surface area contributed by atoms with Gasteiger partial charge in [-0.05, 0) is 48.0 Å². The van der Waals surface area contributed by atoms with Gasteiger partial charge in [0.2, 0.25) is 0 Å². The van der Waals surface area contributed by atoms with Crippen LogP contribution in [0.3, 0.4) is 0 Å². The number of carbonyl (C=O) groups excluding carboxylic acids is 1. The van der Waals surface area contributed by atoms with E-state index in [9.17, 15) is 9.59 Å². The fourth-order valence-electron chi connectivity index (χ4n) is 2.60. The van der Waals surface area contributed by atoms with Crippen molar-refractivity contribution >= 4 is 34.2 Å². The number of benzene rings is 3. The van der Waals surface area contributed by atoms with E-state index < -0.39 is 17.9 Å². The smallest absolute Gasteiger partial charge is 0.325 e. The molecule has 0 heterocycles. The molecule has 0 aliphatic carbocycles. The molecule has 3 aromatic carbocycles. The van der Waals surface area contributed by atoms with Gasteiger partial charge in [-0.3, -0.25) is 9.59 Å². The minimum Gasteiger partial charge on any atom is -0.480 e. The Bertz CT molecular complexity index is 1080. The minimum atomic E-state index is -1.10. The van der Waals surface area contributed by atoms with Gasteiger partial charge in [0.15, 0.2) is 0 Å². The van der Waals surface area contributed by atoms with Crippen LogP contribution in [0.5, 0.6) is 0 Å². The van der Waals surface area contributed by atoms with Crippen molar-refractivity contribution in [3.63, 3.8) is 0 Å². The summed E-state index contributed by atoms with van der Waals surface area (Å²) < 4.78 is 0. The molecule has 0 aliphatic rings. The predicted octanol–water partition coefficient (Wildman–Crippen LogP) is 4.10. The number of carbonyl (C=O) groups is 2. The second kappa shape index (κ2) is 7.94. The van der Waals surface area contributed by atoms with Crippen LogP contribution >= 0.6 is 11.6 Å². The van der Waals surface area contributed by atoms with Gasteiger partial charge >= 0.3 is 5.97 Å². The van der Waals surface area contributed by atoms with Gasteiger partial charge in [-0.2, -0.15) is 0 Å². The molecule has 1 atom stereocenters. The Morgan fingerprint density at radius 3 is 2.41 bits per heavy atom. The molecule has 0 saturated heterocycles. The summed E-state index contributed by atoms with van der Waals surface area (Å²) in [6.07, 6.45) is 0. The van der Waals surface area contributed by atoms with E-state index in [0.717, 1.165) is 16.3 Å². The monoisotopic (exact) mass is 377 g/mol. The van der Waals surface area contributed by atoms with Gasteiger partial charge in [0, 0.05) is 16.1 Å². The number of hydrogen-bond acceptors (Lipinski definition) is 2. The molecule has 0 spiro atoms. The van der Waals surface area contributed by atoms with Gasteiger partial charge in [-0.1, -0.05) is 53.8 Å².